The number of hydrogen-bond acceptors (Lipinski definition) is 7. The molecule has 0 aliphatic rings. The largest absolute Gasteiger partial charge is 0.508 e. The van der Waals surface area contributed by atoms with Crippen molar-refractivity contribution in [2.75, 3.05) is 13.2 Å². The monoisotopic (exact) mass is 413 g/mol. The maximum absolute atomic E-state index is 12.7. The van der Waals surface area contributed by atoms with Gasteiger partial charge in [0, 0.05) is 23.2 Å². The molecule has 3 N–H and O–H groups in total. The molecule has 0 aliphatic carbocycles. The summed E-state index contributed by atoms with van der Waals surface area (Å²) in [7, 11) is 0. The van der Waals surface area contributed by atoms with Crippen LogP contribution in [0.4, 0.5) is 0 Å². The molecule has 27 heavy (non-hydrogen) atoms. The Balaban J connectivity index is 2.26. The summed E-state index contributed by atoms with van der Waals surface area (Å²) in [5.74, 6) is -0.918. The summed E-state index contributed by atoms with van der Waals surface area (Å²) in [6, 6.07) is 7.04. The molecule has 0 heterocycles. The highest BCUT2D eigenvalue weighted by atomic mass is 35.5. The second-order valence-corrected chi connectivity index (χ2v) is 6.10. The van der Waals surface area contributed by atoms with Crippen LogP contribution >= 0.6 is 23.2 Å². The number of hydroxylamine groups is 1. The van der Waals surface area contributed by atoms with E-state index in [1.807, 2.05) is 5.48 Å². The first-order valence-corrected chi connectivity index (χ1v) is 8.64. The average Bonchev–Trinajstić information content (AvgIpc) is 2.64. The van der Waals surface area contributed by atoms with Crippen LogP contribution in [0.3, 0.4) is 0 Å². The van der Waals surface area contributed by atoms with Crippen LogP contribution in [0.5, 0.6) is 11.5 Å². The summed E-state index contributed by atoms with van der Waals surface area (Å²) in [5.41, 5.74) is 2.62. The number of aromatic hydroxyl groups is 1. The predicted octanol–water partition coefficient (Wildman–Crippen LogP) is 3.35. The minimum atomic E-state index is -0.557. The lowest BCUT2D eigenvalue weighted by Crippen LogP contribution is -2.15. The van der Waals surface area contributed by atoms with Crippen LogP contribution in [-0.4, -0.2) is 35.3 Å². The number of nitrogens with one attached hydrogen (secondary N) is 1. The van der Waals surface area contributed by atoms with Crippen LogP contribution in [0.15, 0.2) is 30.3 Å². The molecule has 2 aromatic rings. The molecule has 0 bridgehead atoms. The first-order valence-electron chi connectivity index (χ1n) is 7.89. The predicted molar refractivity (Wildman–Crippen MR) is 98.8 cm³/mol. The number of carbonyl (C=O) groups is 2. The van der Waals surface area contributed by atoms with Crippen LogP contribution in [0.1, 0.15) is 28.4 Å². The Labute approximate surface area is 165 Å². The van der Waals surface area contributed by atoms with Gasteiger partial charge in [-0.1, -0.05) is 23.2 Å². The average molecular weight is 414 g/mol. The zero-order chi connectivity index (χ0) is 20.0. The number of ketones is 1. The Kier molecular flexibility index (Phi) is 7.44. The molecule has 2 rings (SSSR count). The van der Waals surface area contributed by atoms with E-state index >= 15 is 0 Å². The molecule has 0 atom stereocenters. The topological polar surface area (TPSA) is 105 Å². The van der Waals surface area contributed by atoms with Gasteiger partial charge in [-0.25, -0.2) is 10.3 Å². The summed E-state index contributed by atoms with van der Waals surface area (Å²) >= 11 is 12.4. The summed E-state index contributed by atoms with van der Waals surface area (Å²) in [5, 5.41) is 18.5. The van der Waals surface area contributed by atoms with Crippen molar-refractivity contribution in [1.82, 2.24) is 5.48 Å². The molecule has 144 valence electrons. The number of ether oxygens (including phenoxy) is 2. The molecule has 0 spiro atoms. The van der Waals surface area contributed by atoms with Gasteiger partial charge in [0.05, 0.1) is 11.6 Å². The number of phenols is 1. The number of halogens is 2. The van der Waals surface area contributed by atoms with E-state index < -0.39 is 11.8 Å². The van der Waals surface area contributed by atoms with Gasteiger partial charge in [-0.05, 0) is 37.3 Å². The quantitative estimate of drug-likeness (QED) is 0.346. The molecule has 0 aliphatic heterocycles. The molecular formula is C18H17Cl2NO6. The lowest BCUT2D eigenvalue weighted by molar-refractivity contribution is -0.145. The highest BCUT2D eigenvalue weighted by molar-refractivity contribution is 6.45. The number of esters is 1. The Hall–Kier alpha value is -2.32. The van der Waals surface area contributed by atoms with E-state index in [2.05, 4.69) is 0 Å². The molecule has 0 unspecified atom stereocenters. The summed E-state index contributed by atoms with van der Waals surface area (Å²) in [6.07, 6.45) is 0. The minimum Gasteiger partial charge on any atom is -0.508 e. The minimum absolute atomic E-state index is 0.0113. The molecule has 0 saturated carbocycles. The molecule has 0 aromatic heterocycles. The van der Waals surface area contributed by atoms with Gasteiger partial charge in [-0.15, -0.1) is 0 Å². The fourth-order valence-electron chi connectivity index (χ4n) is 2.27. The van der Waals surface area contributed by atoms with Gasteiger partial charge in [-0.2, -0.15) is 0 Å². The SMILES string of the molecule is CCOC(=O)COc1ccc(C(=O)c2ccc(O)c(CNO)c2)c(Cl)c1Cl. The molecule has 7 nitrogen and oxygen atoms in total. The van der Waals surface area contributed by atoms with E-state index in [4.69, 9.17) is 37.9 Å². The van der Waals surface area contributed by atoms with Crippen LogP contribution in [0, 0.1) is 0 Å². The van der Waals surface area contributed by atoms with Gasteiger partial charge in [-0.3, -0.25) is 4.79 Å². The normalized spacial score (nSPS) is 10.5. The fraction of sp³-hybridized carbons (Fsp3) is 0.222. The van der Waals surface area contributed by atoms with E-state index in [1.54, 1.807) is 6.92 Å². The second kappa shape index (κ2) is 9.57. The van der Waals surface area contributed by atoms with Crippen molar-refractivity contribution >= 4 is 35.0 Å². The smallest absolute Gasteiger partial charge is 0.344 e. The lowest BCUT2D eigenvalue weighted by Gasteiger charge is -2.12. The zero-order valence-electron chi connectivity index (χ0n) is 14.3. The number of phenolic OH excluding ortho intramolecular Hbond substituents is 1. The van der Waals surface area contributed by atoms with Crippen molar-refractivity contribution < 1.29 is 29.4 Å². The maximum Gasteiger partial charge on any atom is 0.344 e. The number of benzene rings is 2. The van der Waals surface area contributed by atoms with Crippen molar-refractivity contribution in [3.63, 3.8) is 0 Å². The van der Waals surface area contributed by atoms with E-state index in [9.17, 15) is 14.7 Å². The van der Waals surface area contributed by atoms with Crippen molar-refractivity contribution in [3.05, 3.63) is 57.1 Å². The van der Waals surface area contributed by atoms with Crippen LogP contribution in [-0.2, 0) is 16.1 Å². The van der Waals surface area contributed by atoms with E-state index in [1.165, 1.54) is 30.3 Å². The van der Waals surface area contributed by atoms with Gasteiger partial charge >= 0.3 is 5.97 Å². The molecule has 2 aromatic carbocycles. The Bertz CT molecular complexity index is 856. The van der Waals surface area contributed by atoms with E-state index in [-0.39, 0.29) is 52.4 Å². The van der Waals surface area contributed by atoms with Crippen molar-refractivity contribution in [1.29, 1.82) is 0 Å². The fourth-order valence-corrected chi connectivity index (χ4v) is 2.73. The molecule has 9 heteroatoms. The molecular weight excluding hydrogens is 397 g/mol. The van der Waals surface area contributed by atoms with Gasteiger partial charge in [0.25, 0.3) is 0 Å². The van der Waals surface area contributed by atoms with Crippen molar-refractivity contribution in [2.24, 2.45) is 0 Å². The van der Waals surface area contributed by atoms with Crippen LogP contribution in [0.2, 0.25) is 10.0 Å². The van der Waals surface area contributed by atoms with E-state index in [0.29, 0.717) is 5.56 Å². The highest BCUT2D eigenvalue weighted by Gasteiger charge is 2.19. The summed E-state index contributed by atoms with van der Waals surface area (Å²) < 4.78 is 10.0. The second-order valence-electron chi connectivity index (χ2n) is 5.34. The third-order valence-electron chi connectivity index (χ3n) is 3.55. The van der Waals surface area contributed by atoms with Gasteiger partial charge in [0.1, 0.15) is 16.5 Å². The molecule has 0 saturated heterocycles. The number of hydrogen-bond donors (Lipinski definition) is 3. The Morgan fingerprint density at radius 3 is 2.56 bits per heavy atom. The zero-order valence-corrected chi connectivity index (χ0v) is 15.8. The van der Waals surface area contributed by atoms with Crippen LogP contribution < -0.4 is 10.2 Å². The highest BCUT2D eigenvalue weighted by Crippen LogP contribution is 2.36. The van der Waals surface area contributed by atoms with Crippen molar-refractivity contribution in [3.8, 4) is 11.5 Å². The first kappa shape index (κ1) is 21.0. The third kappa shape index (κ3) is 5.11. The molecule has 0 amide bonds. The summed E-state index contributed by atoms with van der Waals surface area (Å²) in [6.45, 7) is 1.52. The summed E-state index contributed by atoms with van der Waals surface area (Å²) in [4.78, 5) is 24.1. The third-order valence-corrected chi connectivity index (χ3v) is 4.42. The van der Waals surface area contributed by atoms with Crippen molar-refractivity contribution in [2.45, 2.75) is 13.5 Å². The Morgan fingerprint density at radius 1 is 1.15 bits per heavy atom. The number of rotatable bonds is 8. The standard InChI is InChI=1S/C18H17Cl2NO6/c1-2-26-15(23)9-27-14-6-4-12(16(19)17(14)20)18(24)10-3-5-13(22)11(7-10)8-21-25/h3-7,21-22,25H,2,8-9H2,1H3. The maximum atomic E-state index is 12.7. The first-order chi connectivity index (χ1) is 12.9. The van der Waals surface area contributed by atoms with Gasteiger partial charge < -0.3 is 19.8 Å². The van der Waals surface area contributed by atoms with Gasteiger partial charge in [0.15, 0.2) is 12.4 Å². The van der Waals surface area contributed by atoms with E-state index in [0.717, 1.165) is 0 Å². The van der Waals surface area contributed by atoms with Gasteiger partial charge in [0.2, 0.25) is 0 Å². The molecule has 0 radical (unpaired) electrons. The number of carbonyl (C=O) groups excluding carboxylic acids is 2. The van der Waals surface area contributed by atoms with Crippen LogP contribution in [0.25, 0.3) is 0 Å². The lowest BCUT2D eigenvalue weighted by atomic mass is 10.0. The molecule has 0 fully saturated rings. The Morgan fingerprint density at radius 2 is 1.89 bits per heavy atom.